The number of amides is 1. The highest BCUT2D eigenvalue weighted by molar-refractivity contribution is 7.89. The Bertz CT molecular complexity index is 978. The van der Waals surface area contributed by atoms with Gasteiger partial charge in [-0.3, -0.25) is 4.79 Å². The van der Waals surface area contributed by atoms with Crippen molar-refractivity contribution < 1.29 is 26.8 Å². The highest BCUT2D eigenvalue weighted by Gasteiger charge is 2.29. The molecular weight excluding hydrogens is 375 g/mol. The Kier molecular flexibility index (Phi) is 5.36. The number of nitrogens with one attached hydrogen (secondary N) is 1. The smallest absolute Gasteiger partial charge is 0.259 e. The predicted molar refractivity (Wildman–Crippen MR) is 96.9 cm³/mol. The number of aryl methyl sites for hydroxylation is 2. The summed E-state index contributed by atoms with van der Waals surface area (Å²) in [7, 11) is -4.02. The zero-order valence-corrected chi connectivity index (χ0v) is 16.2. The molecule has 3 rings (SSSR count). The van der Waals surface area contributed by atoms with Gasteiger partial charge in [0.1, 0.15) is 22.2 Å². The zero-order chi connectivity index (χ0) is 19.8. The Hall–Kier alpha value is -2.23. The molecule has 0 bridgehead atoms. The monoisotopic (exact) mass is 396 g/mol. The van der Waals surface area contributed by atoms with Gasteiger partial charge in [0.05, 0.1) is 18.8 Å². The van der Waals surface area contributed by atoms with Crippen LogP contribution in [0, 0.1) is 26.6 Å². The van der Waals surface area contributed by atoms with E-state index < -0.39 is 26.6 Å². The van der Waals surface area contributed by atoms with E-state index in [4.69, 9.17) is 9.15 Å². The topological polar surface area (TPSA) is 88.8 Å². The second-order valence-corrected chi connectivity index (χ2v) is 8.24. The van der Waals surface area contributed by atoms with Crippen LogP contribution in [0.5, 0.6) is 0 Å². The normalized spacial score (nSPS) is 15.7. The number of nitrogens with zero attached hydrogens (tertiary/aromatic N) is 1. The average Bonchev–Trinajstić information content (AvgIpc) is 2.89. The highest BCUT2D eigenvalue weighted by Crippen LogP contribution is 2.26. The minimum absolute atomic E-state index is 0.158. The number of sulfonamides is 1. The lowest BCUT2D eigenvalue weighted by Gasteiger charge is -2.26. The van der Waals surface area contributed by atoms with Crippen molar-refractivity contribution in [1.82, 2.24) is 4.31 Å². The summed E-state index contributed by atoms with van der Waals surface area (Å²) in [5.74, 6) is -0.215. The van der Waals surface area contributed by atoms with Crippen molar-refractivity contribution in [3.63, 3.8) is 0 Å². The van der Waals surface area contributed by atoms with E-state index in [-0.39, 0.29) is 32.0 Å². The van der Waals surface area contributed by atoms with Gasteiger partial charge in [-0.05, 0) is 39.0 Å². The van der Waals surface area contributed by atoms with E-state index in [1.807, 2.05) is 0 Å². The Labute approximate surface area is 157 Å². The van der Waals surface area contributed by atoms with E-state index in [9.17, 15) is 17.6 Å². The van der Waals surface area contributed by atoms with Crippen molar-refractivity contribution in [2.24, 2.45) is 0 Å². The summed E-state index contributed by atoms with van der Waals surface area (Å²) in [6.07, 6.45) is 0. The Balaban J connectivity index is 1.90. The quantitative estimate of drug-likeness (QED) is 0.858. The van der Waals surface area contributed by atoms with Gasteiger partial charge in [-0.15, -0.1) is 0 Å². The lowest BCUT2D eigenvalue weighted by atomic mass is 10.1. The van der Waals surface area contributed by atoms with E-state index in [1.165, 1.54) is 10.4 Å². The van der Waals surface area contributed by atoms with Gasteiger partial charge in [0.25, 0.3) is 5.91 Å². The standard InChI is InChI=1S/C18H21FN2O5S/c1-11-12(2)26-13(3)17(11)18(22)20-14-4-5-15(19)16(10-14)27(23,24)21-6-8-25-9-7-21/h4-5,10H,6-9H2,1-3H3,(H,20,22). The Morgan fingerprint density at radius 2 is 1.81 bits per heavy atom. The number of halogens is 1. The van der Waals surface area contributed by atoms with E-state index in [0.29, 0.717) is 22.6 Å². The Morgan fingerprint density at radius 1 is 1.15 bits per heavy atom. The maximum atomic E-state index is 14.2. The fourth-order valence-corrected chi connectivity index (χ4v) is 4.52. The van der Waals surface area contributed by atoms with Crippen LogP contribution in [0.25, 0.3) is 0 Å². The second kappa shape index (κ2) is 7.41. The number of anilines is 1. The zero-order valence-electron chi connectivity index (χ0n) is 15.3. The lowest BCUT2D eigenvalue weighted by Crippen LogP contribution is -2.40. The molecule has 2 heterocycles. The molecule has 146 valence electrons. The van der Waals surface area contributed by atoms with E-state index in [2.05, 4.69) is 5.32 Å². The molecule has 1 saturated heterocycles. The summed E-state index contributed by atoms with van der Waals surface area (Å²) in [4.78, 5) is 12.1. The van der Waals surface area contributed by atoms with E-state index in [1.54, 1.807) is 20.8 Å². The fourth-order valence-electron chi connectivity index (χ4n) is 3.03. The summed E-state index contributed by atoms with van der Waals surface area (Å²) in [6, 6.07) is 3.49. The number of morpholine rings is 1. The van der Waals surface area contributed by atoms with Gasteiger partial charge in [-0.2, -0.15) is 4.31 Å². The van der Waals surface area contributed by atoms with Crippen molar-refractivity contribution >= 4 is 21.6 Å². The van der Waals surface area contributed by atoms with Crippen molar-refractivity contribution in [3.8, 4) is 0 Å². The van der Waals surface area contributed by atoms with Crippen molar-refractivity contribution in [1.29, 1.82) is 0 Å². The van der Waals surface area contributed by atoms with Gasteiger partial charge in [-0.1, -0.05) is 0 Å². The van der Waals surface area contributed by atoms with Crippen LogP contribution in [0.4, 0.5) is 10.1 Å². The molecular formula is C18H21FN2O5S. The molecule has 0 atom stereocenters. The number of carbonyl (C=O) groups is 1. The molecule has 27 heavy (non-hydrogen) atoms. The van der Waals surface area contributed by atoms with Crippen LogP contribution in [0.15, 0.2) is 27.5 Å². The first kappa shape index (κ1) is 19.5. The van der Waals surface area contributed by atoms with Gasteiger partial charge in [0.15, 0.2) is 0 Å². The van der Waals surface area contributed by atoms with Crippen LogP contribution in [-0.4, -0.2) is 44.9 Å². The maximum Gasteiger partial charge on any atom is 0.259 e. The summed E-state index contributed by atoms with van der Waals surface area (Å²) in [6.45, 7) is 6.03. The first-order valence-corrected chi connectivity index (χ1v) is 9.91. The summed E-state index contributed by atoms with van der Waals surface area (Å²) >= 11 is 0. The van der Waals surface area contributed by atoms with Crippen LogP contribution < -0.4 is 5.32 Å². The maximum absolute atomic E-state index is 14.2. The predicted octanol–water partition coefficient (Wildman–Crippen LogP) is 2.62. The minimum Gasteiger partial charge on any atom is -0.466 e. The number of rotatable bonds is 4. The minimum atomic E-state index is -4.02. The summed E-state index contributed by atoms with van der Waals surface area (Å²) < 4.78 is 51.5. The molecule has 9 heteroatoms. The van der Waals surface area contributed by atoms with Crippen LogP contribution in [0.2, 0.25) is 0 Å². The van der Waals surface area contributed by atoms with Crippen LogP contribution in [-0.2, 0) is 14.8 Å². The molecule has 1 fully saturated rings. The van der Waals surface area contributed by atoms with E-state index >= 15 is 0 Å². The van der Waals surface area contributed by atoms with Crippen LogP contribution in [0.3, 0.4) is 0 Å². The molecule has 0 unspecified atom stereocenters. The largest absolute Gasteiger partial charge is 0.466 e. The molecule has 1 aromatic heterocycles. The highest BCUT2D eigenvalue weighted by atomic mass is 32.2. The van der Waals surface area contributed by atoms with Crippen molar-refractivity contribution in [2.45, 2.75) is 25.7 Å². The number of furan rings is 1. The molecule has 1 aliphatic heterocycles. The second-order valence-electron chi connectivity index (χ2n) is 6.33. The number of hydrogen-bond donors (Lipinski definition) is 1. The number of benzene rings is 1. The van der Waals surface area contributed by atoms with E-state index in [0.717, 1.165) is 12.1 Å². The van der Waals surface area contributed by atoms with Gasteiger partial charge in [0.2, 0.25) is 10.0 Å². The molecule has 0 aliphatic carbocycles. The molecule has 1 N–H and O–H groups in total. The van der Waals surface area contributed by atoms with Crippen LogP contribution >= 0.6 is 0 Å². The molecule has 2 aromatic rings. The molecule has 0 saturated carbocycles. The first-order chi connectivity index (χ1) is 12.7. The first-order valence-electron chi connectivity index (χ1n) is 8.47. The van der Waals surface area contributed by atoms with Gasteiger partial charge in [-0.25, -0.2) is 12.8 Å². The molecule has 1 aliphatic rings. The molecule has 0 spiro atoms. The van der Waals surface area contributed by atoms with Gasteiger partial charge in [0, 0.05) is 24.3 Å². The molecule has 0 radical (unpaired) electrons. The van der Waals surface area contributed by atoms with Crippen molar-refractivity contribution in [2.75, 3.05) is 31.6 Å². The molecule has 1 aromatic carbocycles. The number of ether oxygens (including phenoxy) is 1. The summed E-state index contributed by atoms with van der Waals surface area (Å²) in [5, 5.41) is 2.62. The number of hydrogen-bond acceptors (Lipinski definition) is 5. The summed E-state index contributed by atoms with van der Waals surface area (Å²) in [5.41, 5.74) is 1.27. The Morgan fingerprint density at radius 3 is 2.41 bits per heavy atom. The van der Waals surface area contributed by atoms with Crippen LogP contribution in [0.1, 0.15) is 27.4 Å². The molecule has 7 nitrogen and oxygen atoms in total. The average molecular weight is 396 g/mol. The van der Waals surface area contributed by atoms with Crippen molar-refractivity contribution in [3.05, 3.63) is 46.7 Å². The fraction of sp³-hybridized carbons (Fsp3) is 0.389. The van der Waals surface area contributed by atoms with Gasteiger partial charge >= 0.3 is 0 Å². The third kappa shape index (κ3) is 3.76. The molecule has 1 amide bonds. The lowest BCUT2D eigenvalue weighted by molar-refractivity contribution is 0.0729. The third-order valence-corrected chi connectivity index (χ3v) is 6.48. The SMILES string of the molecule is Cc1oc(C)c(C(=O)Nc2ccc(F)c(S(=O)(=O)N3CCOCC3)c2)c1C. The number of carbonyl (C=O) groups excluding carboxylic acids is 1. The third-order valence-electron chi connectivity index (χ3n) is 4.57. The van der Waals surface area contributed by atoms with Gasteiger partial charge < -0.3 is 14.5 Å².